The third-order valence-electron chi connectivity index (χ3n) is 3.59. The summed E-state index contributed by atoms with van der Waals surface area (Å²) in [6.07, 6.45) is 2.10. The average molecular weight is 293 g/mol. The van der Waals surface area contributed by atoms with Crippen LogP contribution in [0.15, 0.2) is 24.3 Å². The maximum absolute atomic E-state index is 12.4. The Morgan fingerprint density at radius 2 is 2.14 bits per heavy atom. The molecule has 0 saturated carbocycles. The molecule has 1 saturated heterocycles. The smallest absolute Gasteiger partial charge is 0.269 e. The lowest BCUT2D eigenvalue weighted by Gasteiger charge is -2.25. The van der Waals surface area contributed by atoms with E-state index in [1.165, 1.54) is 24.3 Å². The van der Waals surface area contributed by atoms with Gasteiger partial charge in [0.25, 0.3) is 11.6 Å². The lowest BCUT2D eigenvalue weighted by atomic mass is 10.1. The number of amides is 1. The summed E-state index contributed by atoms with van der Waals surface area (Å²) >= 11 is 0. The van der Waals surface area contributed by atoms with Crippen molar-refractivity contribution in [1.82, 2.24) is 10.2 Å². The molecule has 1 aliphatic rings. The molecule has 0 radical (unpaired) electrons. The summed E-state index contributed by atoms with van der Waals surface area (Å²) in [5, 5.41) is 23.0. The highest BCUT2D eigenvalue weighted by atomic mass is 16.6. The molecule has 1 heterocycles. The van der Waals surface area contributed by atoms with Crippen molar-refractivity contribution in [3.8, 4) is 0 Å². The molecule has 1 aromatic rings. The van der Waals surface area contributed by atoms with Gasteiger partial charge in [-0.3, -0.25) is 14.9 Å². The van der Waals surface area contributed by atoms with Crippen molar-refractivity contribution in [2.24, 2.45) is 0 Å². The molecule has 114 valence electrons. The molecule has 1 aliphatic heterocycles. The van der Waals surface area contributed by atoms with Gasteiger partial charge in [0, 0.05) is 36.8 Å². The third-order valence-corrected chi connectivity index (χ3v) is 3.59. The van der Waals surface area contributed by atoms with Crippen LogP contribution >= 0.6 is 0 Å². The van der Waals surface area contributed by atoms with Crippen molar-refractivity contribution in [2.75, 3.05) is 26.2 Å². The van der Waals surface area contributed by atoms with E-state index in [2.05, 4.69) is 5.32 Å². The maximum Gasteiger partial charge on any atom is 0.269 e. The van der Waals surface area contributed by atoms with Crippen molar-refractivity contribution in [1.29, 1.82) is 0 Å². The van der Waals surface area contributed by atoms with Crippen molar-refractivity contribution >= 4 is 11.6 Å². The number of aliphatic hydroxyl groups excluding tert-OH is 1. The second-order valence-electron chi connectivity index (χ2n) is 5.07. The molecule has 21 heavy (non-hydrogen) atoms. The first-order chi connectivity index (χ1) is 10.1. The number of carbonyl (C=O) groups excluding carboxylic acids is 1. The molecular formula is C14H19N3O4. The number of nitrogens with zero attached hydrogens (tertiary/aromatic N) is 2. The number of benzene rings is 1. The molecule has 0 spiro atoms. The topological polar surface area (TPSA) is 95.7 Å². The number of aliphatic hydroxyl groups is 1. The van der Waals surface area contributed by atoms with E-state index in [4.69, 9.17) is 5.11 Å². The molecule has 1 unspecified atom stereocenters. The third kappa shape index (κ3) is 3.99. The summed E-state index contributed by atoms with van der Waals surface area (Å²) in [6, 6.07) is 5.79. The molecular weight excluding hydrogens is 274 g/mol. The minimum Gasteiger partial charge on any atom is -0.395 e. The number of hydrogen-bond donors (Lipinski definition) is 2. The van der Waals surface area contributed by atoms with Crippen LogP contribution in [0.1, 0.15) is 23.2 Å². The van der Waals surface area contributed by atoms with E-state index in [1.807, 2.05) is 0 Å². The van der Waals surface area contributed by atoms with Crippen LogP contribution in [0, 0.1) is 10.1 Å². The predicted molar refractivity (Wildman–Crippen MR) is 77.1 cm³/mol. The van der Waals surface area contributed by atoms with Crippen LogP contribution in [0.2, 0.25) is 0 Å². The highest BCUT2D eigenvalue weighted by molar-refractivity contribution is 5.94. The van der Waals surface area contributed by atoms with Gasteiger partial charge in [-0.25, -0.2) is 0 Å². The van der Waals surface area contributed by atoms with Gasteiger partial charge in [0.1, 0.15) is 0 Å². The Morgan fingerprint density at radius 3 is 2.67 bits per heavy atom. The molecule has 1 amide bonds. The van der Waals surface area contributed by atoms with Crippen LogP contribution in [0.25, 0.3) is 0 Å². The summed E-state index contributed by atoms with van der Waals surface area (Å²) in [5.41, 5.74) is 0.352. The van der Waals surface area contributed by atoms with E-state index < -0.39 is 4.92 Å². The first-order valence-corrected chi connectivity index (χ1v) is 7.00. The number of hydrogen-bond acceptors (Lipinski definition) is 5. The van der Waals surface area contributed by atoms with E-state index >= 15 is 0 Å². The Morgan fingerprint density at radius 1 is 1.43 bits per heavy atom. The van der Waals surface area contributed by atoms with Gasteiger partial charge in [0.2, 0.25) is 0 Å². The van der Waals surface area contributed by atoms with Crippen molar-refractivity contribution in [3.63, 3.8) is 0 Å². The van der Waals surface area contributed by atoms with Crippen molar-refractivity contribution in [2.45, 2.75) is 18.9 Å². The number of rotatable bonds is 6. The number of non-ortho nitro benzene ring substituents is 1. The SMILES string of the molecule is O=C(c1ccc([N+](=O)[O-])cc1)N(CCO)CC1CCCN1. The quantitative estimate of drug-likeness (QED) is 0.597. The van der Waals surface area contributed by atoms with Gasteiger partial charge in [-0.05, 0) is 31.5 Å². The second kappa shape index (κ2) is 7.14. The summed E-state index contributed by atoms with van der Waals surface area (Å²) in [7, 11) is 0. The first kappa shape index (κ1) is 15.4. The van der Waals surface area contributed by atoms with E-state index in [-0.39, 0.29) is 30.8 Å². The monoisotopic (exact) mass is 293 g/mol. The van der Waals surface area contributed by atoms with Crippen molar-refractivity contribution in [3.05, 3.63) is 39.9 Å². The van der Waals surface area contributed by atoms with Crippen LogP contribution in [0.4, 0.5) is 5.69 Å². The van der Waals surface area contributed by atoms with Crippen LogP contribution in [-0.2, 0) is 0 Å². The minimum atomic E-state index is -0.498. The van der Waals surface area contributed by atoms with Gasteiger partial charge in [-0.2, -0.15) is 0 Å². The van der Waals surface area contributed by atoms with Crippen LogP contribution < -0.4 is 5.32 Å². The first-order valence-electron chi connectivity index (χ1n) is 7.00. The van der Waals surface area contributed by atoms with Crippen LogP contribution in [0.5, 0.6) is 0 Å². The van der Waals surface area contributed by atoms with E-state index in [0.29, 0.717) is 12.1 Å². The maximum atomic E-state index is 12.4. The van der Waals surface area contributed by atoms with Crippen LogP contribution in [-0.4, -0.2) is 53.1 Å². The van der Waals surface area contributed by atoms with E-state index in [9.17, 15) is 14.9 Å². The van der Waals surface area contributed by atoms with Gasteiger partial charge >= 0.3 is 0 Å². The predicted octanol–water partition coefficient (Wildman–Crippen LogP) is 0.781. The van der Waals surface area contributed by atoms with Gasteiger partial charge in [0.05, 0.1) is 11.5 Å². The highest BCUT2D eigenvalue weighted by Gasteiger charge is 2.22. The van der Waals surface area contributed by atoms with E-state index in [0.717, 1.165) is 19.4 Å². The molecule has 1 atom stereocenters. The Balaban J connectivity index is 2.07. The molecule has 1 aromatic carbocycles. The van der Waals surface area contributed by atoms with Crippen molar-refractivity contribution < 1.29 is 14.8 Å². The Kier molecular flexibility index (Phi) is 5.24. The zero-order valence-electron chi connectivity index (χ0n) is 11.7. The van der Waals surface area contributed by atoms with Crippen LogP contribution in [0.3, 0.4) is 0 Å². The largest absolute Gasteiger partial charge is 0.395 e. The molecule has 0 aromatic heterocycles. The Bertz CT molecular complexity index is 497. The van der Waals surface area contributed by atoms with Gasteiger partial charge in [-0.15, -0.1) is 0 Å². The fourth-order valence-corrected chi connectivity index (χ4v) is 2.48. The molecule has 0 bridgehead atoms. The number of nitrogens with one attached hydrogen (secondary N) is 1. The fourth-order valence-electron chi connectivity index (χ4n) is 2.48. The number of nitro groups is 1. The van der Waals surface area contributed by atoms with Gasteiger partial charge in [0.15, 0.2) is 0 Å². The Labute approximate surface area is 122 Å². The zero-order valence-corrected chi connectivity index (χ0v) is 11.7. The second-order valence-corrected chi connectivity index (χ2v) is 5.07. The number of nitro benzene ring substituents is 1. The summed E-state index contributed by atoms with van der Waals surface area (Å²) in [4.78, 5) is 24.1. The van der Waals surface area contributed by atoms with Gasteiger partial charge < -0.3 is 15.3 Å². The standard InChI is InChI=1S/C14H19N3O4/c18-9-8-16(10-12-2-1-7-15-12)14(19)11-3-5-13(6-4-11)17(20)21/h3-6,12,15,18H,1-2,7-10H2. The lowest BCUT2D eigenvalue weighted by Crippen LogP contribution is -2.42. The lowest BCUT2D eigenvalue weighted by molar-refractivity contribution is -0.384. The molecule has 1 fully saturated rings. The van der Waals surface area contributed by atoms with E-state index in [1.54, 1.807) is 4.90 Å². The molecule has 7 nitrogen and oxygen atoms in total. The minimum absolute atomic E-state index is 0.0438. The molecule has 0 aliphatic carbocycles. The molecule has 2 rings (SSSR count). The molecule has 2 N–H and O–H groups in total. The summed E-state index contributed by atoms with van der Waals surface area (Å²) in [6.45, 7) is 1.64. The average Bonchev–Trinajstić information content (AvgIpc) is 2.99. The normalized spacial score (nSPS) is 17.7. The van der Waals surface area contributed by atoms with Gasteiger partial charge in [-0.1, -0.05) is 0 Å². The highest BCUT2D eigenvalue weighted by Crippen LogP contribution is 2.15. The summed E-state index contributed by atoms with van der Waals surface area (Å²) in [5.74, 6) is -0.215. The zero-order chi connectivity index (χ0) is 15.2. The molecule has 7 heteroatoms. The fraction of sp³-hybridized carbons (Fsp3) is 0.500. The Hall–Kier alpha value is -1.99. The number of carbonyl (C=O) groups is 1. The summed E-state index contributed by atoms with van der Waals surface area (Å²) < 4.78 is 0.